The second-order valence-corrected chi connectivity index (χ2v) is 4.48. The van der Waals surface area contributed by atoms with Crippen LogP contribution in [0, 0.1) is 0 Å². The maximum atomic E-state index is 10.8. The van der Waals surface area contributed by atoms with E-state index in [0.717, 1.165) is 38.6 Å². The van der Waals surface area contributed by atoms with Crippen molar-refractivity contribution in [2.45, 2.75) is 58.3 Å². The van der Waals surface area contributed by atoms with E-state index in [9.17, 15) is 9.59 Å². The summed E-state index contributed by atoms with van der Waals surface area (Å²) in [5.74, 6) is 0.217. The minimum atomic E-state index is -0.0748. The van der Waals surface area contributed by atoms with Crippen LogP contribution < -0.4 is 11.1 Å². The van der Waals surface area contributed by atoms with Gasteiger partial charge in [-0.25, -0.2) is 0 Å². The van der Waals surface area contributed by atoms with Gasteiger partial charge in [0.15, 0.2) is 0 Å². The third kappa shape index (κ3) is 13.0. The van der Waals surface area contributed by atoms with E-state index in [4.69, 9.17) is 5.73 Å². The quantitative estimate of drug-likeness (QED) is 0.542. The van der Waals surface area contributed by atoms with Gasteiger partial charge in [0.05, 0.1) is 6.54 Å². The van der Waals surface area contributed by atoms with E-state index < -0.39 is 0 Å². The van der Waals surface area contributed by atoms with Crippen molar-refractivity contribution in [3.63, 3.8) is 0 Å². The van der Waals surface area contributed by atoms with E-state index in [-0.39, 0.29) is 12.5 Å². The predicted octanol–water partition coefficient (Wildman–Crippen LogP) is 1.77. The molecule has 0 aliphatic heterocycles. The van der Waals surface area contributed by atoms with Crippen molar-refractivity contribution in [2.24, 2.45) is 5.73 Å². The van der Waals surface area contributed by atoms with Crippen LogP contribution in [0.1, 0.15) is 58.3 Å². The number of Topliss-reactive ketones (excluding diaryl/α,β-unsaturated/α-hetero) is 1. The van der Waals surface area contributed by atoms with Gasteiger partial charge in [-0.1, -0.05) is 32.1 Å². The third-order valence-corrected chi connectivity index (χ3v) is 2.71. The van der Waals surface area contributed by atoms with Crippen molar-refractivity contribution in [3.8, 4) is 0 Å². The normalized spacial score (nSPS) is 10.2. The second kappa shape index (κ2) is 11.6. The molecule has 0 aliphatic carbocycles. The molecule has 4 heteroatoms. The predicted molar refractivity (Wildman–Crippen MR) is 69.7 cm³/mol. The van der Waals surface area contributed by atoms with Crippen LogP contribution in [-0.4, -0.2) is 24.8 Å². The zero-order valence-corrected chi connectivity index (χ0v) is 11.0. The lowest BCUT2D eigenvalue weighted by Crippen LogP contribution is -2.30. The van der Waals surface area contributed by atoms with Crippen LogP contribution in [0.2, 0.25) is 0 Å². The van der Waals surface area contributed by atoms with Gasteiger partial charge < -0.3 is 15.8 Å². The SMILES string of the molecule is CC(=O)CCCCCCCCCNC(=O)CN. The fraction of sp³-hybridized carbons (Fsp3) is 0.846. The van der Waals surface area contributed by atoms with Crippen molar-refractivity contribution in [1.29, 1.82) is 0 Å². The van der Waals surface area contributed by atoms with E-state index in [0.29, 0.717) is 5.78 Å². The van der Waals surface area contributed by atoms with Gasteiger partial charge in [-0.3, -0.25) is 4.79 Å². The van der Waals surface area contributed by atoms with Crippen LogP contribution in [0.15, 0.2) is 0 Å². The summed E-state index contributed by atoms with van der Waals surface area (Å²) in [6, 6.07) is 0. The molecule has 0 aromatic carbocycles. The number of ketones is 1. The fourth-order valence-electron chi connectivity index (χ4n) is 1.68. The van der Waals surface area contributed by atoms with Crippen LogP contribution in [0.3, 0.4) is 0 Å². The minimum Gasteiger partial charge on any atom is -0.355 e. The molecule has 0 heterocycles. The van der Waals surface area contributed by atoms with E-state index in [2.05, 4.69) is 5.32 Å². The molecule has 0 saturated carbocycles. The lowest BCUT2D eigenvalue weighted by atomic mass is 10.1. The molecule has 0 radical (unpaired) electrons. The van der Waals surface area contributed by atoms with Gasteiger partial charge in [-0.05, 0) is 19.8 Å². The first kappa shape index (κ1) is 16.1. The number of nitrogens with one attached hydrogen (secondary N) is 1. The van der Waals surface area contributed by atoms with Gasteiger partial charge in [0.2, 0.25) is 5.91 Å². The van der Waals surface area contributed by atoms with Crippen LogP contribution in [0.4, 0.5) is 0 Å². The van der Waals surface area contributed by atoms with Gasteiger partial charge >= 0.3 is 0 Å². The number of unbranched alkanes of at least 4 members (excludes halogenated alkanes) is 6. The number of hydrogen-bond acceptors (Lipinski definition) is 3. The van der Waals surface area contributed by atoms with Crippen LogP contribution in [0.25, 0.3) is 0 Å². The summed E-state index contributed by atoms with van der Waals surface area (Å²) in [6.07, 6.45) is 8.73. The van der Waals surface area contributed by atoms with Crippen molar-refractivity contribution < 1.29 is 9.59 Å². The van der Waals surface area contributed by atoms with E-state index in [1.807, 2.05) is 0 Å². The Morgan fingerprint density at radius 1 is 0.941 bits per heavy atom. The maximum absolute atomic E-state index is 10.8. The Kier molecular flexibility index (Phi) is 11.0. The highest BCUT2D eigenvalue weighted by Crippen LogP contribution is 2.08. The summed E-state index contributed by atoms with van der Waals surface area (Å²) in [5.41, 5.74) is 5.17. The summed E-state index contributed by atoms with van der Waals surface area (Å²) < 4.78 is 0. The first-order valence-electron chi connectivity index (χ1n) is 6.63. The van der Waals surface area contributed by atoms with Crippen molar-refractivity contribution in [2.75, 3.05) is 13.1 Å². The smallest absolute Gasteiger partial charge is 0.233 e. The van der Waals surface area contributed by atoms with Crippen LogP contribution in [0.5, 0.6) is 0 Å². The van der Waals surface area contributed by atoms with E-state index in [1.54, 1.807) is 6.92 Å². The molecule has 1 amide bonds. The zero-order chi connectivity index (χ0) is 12.9. The van der Waals surface area contributed by atoms with Gasteiger partial charge in [0.1, 0.15) is 5.78 Å². The van der Waals surface area contributed by atoms with Crippen molar-refractivity contribution in [1.82, 2.24) is 5.32 Å². The molecule has 0 aliphatic rings. The molecule has 0 atom stereocenters. The topological polar surface area (TPSA) is 72.2 Å². The molecular formula is C13H26N2O2. The fourth-order valence-corrected chi connectivity index (χ4v) is 1.68. The molecule has 4 nitrogen and oxygen atoms in total. The average Bonchev–Trinajstić information content (AvgIpc) is 2.30. The summed E-state index contributed by atoms with van der Waals surface area (Å²) in [5, 5.41) is 2.75. The van der Waals surface area contributed by atoms with Crippen LogP contribution in [-0.2, 0) is 9.59 Å². The number of nitrogens with two attached hydrogens (primary N) is 1. The molecule has 100 valence electrons. The molecule has 0 aromatic rings. The summed E-state index contributed by atoms with van der Waals surface area (Å²) in [4.78, 5) is 21.5. The Bertz CT molecular complexity index is 217. The Morgan fingerprint density at radius 3 is 2.00 bits per heavy atom. The number of rotatable bonds is 11. The van der Waals surface area contributed by atoms with Gasteiger partial charge in [-0.15, -0.1) is 0 Å². The largest absolute Gasteiger partial charge is 0.355 e. The van der Waals surface area contributed by atoms with Gasteiger partial charge in [0.25, 0.3) is 0 Å². The highest BCUT2D eigenvalue weighted by atomic mass is 16.1. The molecule has 17 heavy (non-hydrogen) atoms. The third-order valence-electron chi connectivity index (χ3n) is 2.71. The molecule has 0 bridgehead atoms. The molecule has 0 fully saturated rings. The number of hydrogen-bond donors (Lipinski definition) is 2. The van der Waals surface area contributed by atoms with Gasteiger partial charge in [0, 0.05) is 13.0 Å². The van der Waals surface area contributed by atoms with E-state index >= 15 is 0 Å². The molecule has 3 N–H and O–H groups in total. The first-order valence-corrected chi connectivity index (χ1v) is 6.63. The second-order valence-electron chi connectivity index (χ2n) is 4.48. The maximum Gasteiger partial charge on any atom is 0.233 e. The monoisotopic (exact) mass is 242 g/mol. The summed E-state index contributed by atoms with van der Waals surface area (Å²) >= 11 is 0. The van der Waals surface area contributed by atoms with Crippen molar-refractivity contribution >= 4 is 11.7 Å². The first-order chi connectivity index (χ1) is 8.16. The Morgan fingerprint density at radius 2 is 1.47 bits per heavy atom. The summed E-state index contributed by atoms with van der Waals surface area (Å²) in [7, 11) is 0. The molecule has 0 aromatic heterocycles. The molecule has 0 spiro atoms. The standard InChI is InChI=1S/C13H26N2O2/c1-12(16)9-7-5-3-2-4-6-8-10-15-13(17)11-14/h2-11,14H2,1H3,(H,15,17). The van der Waals surface area contributed by atoms with E-state index in [1.165, 1.54) is 19.3 Å². The number of carbonyl (C=O) groups is 2. The molecule has 0 rings (SSSR count). The molecular weight excluding hydrogens is 216 g/mol. The van der Waals surface area contributed by atoms with Gasteiger partial charge in [-0.2, -0.15) is 0 Å². The van der Waals surface area contributed by atoms with Crippen LogP contribution >= 0.6 is 0 Å². The lowest BCUT2D eigenvalue weighted by Gasteiger charge is -2.03. The Labute approximate surface area is 104 Å². The Balaban J connectivity index is 3.03. The number of amides is 1. The highest BCUT2D eigenvalue weighted by molar-refractivity contribution is 5.77. The molecule has 0 unspecified atom stereocenters. The minimum absolute atomic E-state index is 0.0748. The molecule has 0 saturated heterocycles. The van der Waals surface area contributed by atoms with Crippen molar-refractivity contribution in [3.05, 3.63) is 0 Å². The number of carbonyl (C=O) groups excluding carboxylic acids is 2. The average molecular weight is 242 g/mol. The summed E-state index contributed by atoms with van der Waals surface area (Å²) in [6.45, 7) is 2.46. The highest BCUT2D eigenvalue weighted by Gasteiger charge is 1.96. The Hall–Kier alpha value is -0.900. The zero-order valence-electron chi connectivity index (χ0n) is 11.0. The lowest BCUT2D eigenvalue weighted by molar-refractivity contribution is -0.119.